The molecule has 1 aliphatic heterocycles. The number of hydrogen-bond acceptors (Lipinski definition) is 2. The minimum atomic E-state index is 0.168. The molecule has 26 heavy (non-hydrogen) atoms. The van der Waals surface area contributed by atoms with Gasteiger partial charge in [-0.1, -0.05) is 53.6 Å². The zero-order valence-electron chi connectivity index (χ0n) is 15.4. The Morgan fingerprint density at radius 2 is 1.65 bits per heavy atom. The van der Waals surface area contributed by atoms with Crippen molar-refractivity contribution in [1.29, 1.82) is 0 Å². The molecule has 1 aliphatic rings. The molecule has 3 rings (SSSR count). The molecule has 0 spiro atoms. The highest BCUT2D eigenvalue weighted by Gasteiger charge is 2.20. The normalized spacial score (nSPS) is 15.8. The fraction of sp³-hybridized carbons (Fsp3) is 0.409. The monoisotopic (exact) mass is 370 g/mol. The average Bonchev–Trinajstić information content (AvgIpc) is 2.65. The van der Waals surface area contributed by atoms with E-state index in [4.69, 9.17) is 11.6 Å². The highest BCUT2D eigenvalue weighted by atomic mass is 35.5. The molecule has 0 aromatic heterocycles. The van der Waals surface area contributed by atoms with Crippen LogP contribution in [-0.4, -0.2) is 29.9 Å². The molecule has 0 aliphatic carbocycles. The van der Waals surface area contributed by atoms with Crippen molar-refractivity contribution in [3.63, 3.8) is 0 Å². The molecule has 1 amide bonds. The molecular weight excluding hydrogens is 344 g/mol. The van der Waals surface area contributed by atoms with Crippen molar-refractivity contribution in [2.75, 3.05) is 13.1 Å². The number of piperidine rings is 1. The van der Waals surface area contributed by atoms with Crippen LogP contribution in [0.4, 0.5) is 0 Å². The second-order valence-corrected chi connectivity index (χ2v) is 7.67. The highest BCUT2D eigenvalue weighted by Crippen LogP contribution is 2.16. The predicted molar refractivity (Wildman–Crippen MR) is 107 cm³/mol. The fourth-order valence-electron chi connectivity index (χ4n) is 3.40. The summed E-state index contributed by atoms with van der Waals surface area (Å²) in [5.74, 6) is 0.168. The number of carbonyl (C=O) groups excluding carboxylic acids is 1. The van der Waals surface area contributed by atoms with Crippen molar-refractivity contribution < 1.29 is 4.79 Å². The number of benzene rings is 2. The van der Waals surface area contributed by atoms with E-state index in [0.717, 1.165) is 43.9 Å². The number of hydrogen-bond donors (Lipinski definition) is 1. The number of halogens is 1. The molecule has 0 atom stereocenters. The summed E-state index contributed by atoms with van der Waals surface area (Å²) in [5, 5.41) is 3.99. The van der Waals surface area contributed by atoms with E-state index in [9.17, 15) is 4.79 Å². The number of aryl methyl sites for hydroxylation is 2. The molecule has 0 saturated carbocycles. The van der Waals surface area contributed by atoms with Crippen LogP contribution in [0.3, 0.4) is 0 Å². The maximum Gasteiger partial charge on any atom is 0.220 e. The van der Waals surface area contributed by atoms with Crippen molar-refractivity contribution in [1.82, 2.24) is 10.2 Å². The minimum absolute atomic E-state index is 0.168. The molecule has 0 unspecified atom stereocenters. The lowest BCUT2D eigenvalue weighted by Gasteiger charge is -2.32. The Bertz CT molecular complexity index is 704. The SMILES string of the molecule is Cc1ccc(CCC(=O)NC2CCN(Cc3ccc(Cl)cc3)CC2)cc1. The Kier molecular flexibility index (Phi) is 6.70. The molecule has 1 heterocycles. The number of likely N-dealkylation sites (tertiary alicyclic amines) is 1. The summed E-state index contributed by atoms with van der Waals surface area (Å²) >= 11 is 5.94. The molecule has 1 N–H and O–H groups in total. The Morgan fingerprint density at radius 3 is 2.31 bits per heavy atom. The first-order valence-electron chi connectivity index (χ1n) is 9.40. The maximum absolute atomic E-state index is 12.2. The van der Waals surface area contributed by atoms with Crippen LogP contribution in [0, 0.1) is 6.92 Å². The van der Waals surface area contributed by atoms with E-state index < -0.39 is 0 Å². The first kappa shape index (κ1) is 18.9. The highest BCUT2D eigenvalue weighted by molar-refractivity contribution is 6.30. The van der Waals surface area contributed by atoms with Gasteiger partial charge < -0.3 is 5.32 Å². The van der Waals surface area contributed by atoms with Crippen LogP contribution in [-0.2, 0) is 17.8 Å². The van der Waals surface area contributed by atoms with Crippen LogP contribution in [0.1, 0.15) is 36.0 Å². The van der Waals surface area contributed by atoms with Crippen molar-refractivity contribution in [3.05, 3.63) is 70.2 Å². The van der Waals surface area contributed by atoms with Crippen LogP contribution >= 0.6 is 11.6 Å². The maximum atomic E-state index is 12.2. The Hall–Kier alpha value is -1.84. The molecule has 2 aromatic rings. The number of rotatable bonds is 6. The van der Waals surface area contributed by atoms with Gasteiger partial charge in [0.1, 0.15) is 0 Å². The molecule has 2 aromatic carbocycles. The van der Waals surface area contributed by atoms with Crippen LogP contribution in [0.15, 0.2) is 48.5 Å². The first-order valence-corrected chi connectivity index (χ1v) is 9.78. The zero-order valence-corrected chi connectivity index (χ0v) is 16.1. The Labute approximate surface area is 161 Å². The third-order valence-corrected chi connectivity index (χ3v) is 5.29. The average molecular weight is 371 g/mol. The van der Waals surface area contributed by atoms with E-state index in [-0.39, 0.29) is 5.91 Å². The quantitative estimate of drug-likeness (QED) is 0.819. The van der Waals surface area contributed by atoms with Gasteiger partial charge >= 0.3 is 0 Å². The summed E-state index contributed by atoms with van der Waals surface area (Å²) in [6.07, 6.45) is 3.41. The van der Waals surface area contributed by atoms with Crippen LogP contribution in [0.25, 0.3) is 0 Å². The summed E-state index contributed by atoms with van der Waals surface area (Å²) in [7, 11) is 0. The van der Waals surface area contributed by atoms with Crippen LogP contribution in [0.2, 0.25) is 5.02 Å². The summed E-state index contributed by atoms with van der Waals surface area (Å²) < 4.78 is 0. The molecule has 0 bridgehead atoms. The summed E-state index contributed by atoms with van der Waals surface area (Å²) in [4.78, 5) is 14.7. The van der Waals surface area contributed by atoms with Gasteiger partial charge in [0.2, 0.25) is 5.91 Å². The van der Waals surface area contributed by atoms with E-state index in [2.05, 4.69) is 53.5 Å². The molecule has 4 heteroatoms. The molecular formula is C22H27ClN2O. The first-order chi connectivity index (χ1) is 12.6. The van der Waals surface area contributed by atoms with E-state index in [0.29, 0.717) is 12.5 Å². The number of nitrogens with zero attached hydrogens (tertiary/aromatic N) is 1. The standard InChI is InChI=1S/C22H27ClN2O/c1-17-2-4-18(5-3-17)8-11-22(26)24-21-12-14-25(15-13-21)16-19-6-9-20(23)10-7-19/h2-7,9-10,21H,8,11-16H2,1H3,(H,24,26). The second-order valence-electron chi connectivity index (χ2n) is 7.23. The lowest BCUT2D eigenvalue weighted by molar-refractivity contribution is -0.122. The lowest BCUT2D eigenvalue weighted by Crippen LogP contribution is -2.44. The van der Waals surface area contributed by atoms with Gasteiger partial charge in [-0.2, -0.15) is 0 Å². The van der Waals surface area contributed by atoms with Crippen molar-refractivity contribution in [3.8, 4) is 0 Å². The summed E-state index contributed by atoms with van der Waals surface area (Å²) in [5.41, 5.74) is 3.77. The number of amides is 1. The van der Waals surface area contributed by atoms with Gasteiger partial charge in [0.05, 0.1) is 0 Å². The van der Waals surface area contributed by atoms with E-state index in [1.54, 1.807) is 0 Å². The predicted octanol–water partition coefficient (Wildman–Crippen LogP) is 4.36. The second kappa shape index (κ2) is 9.20. The Balaban J connectivity index is 1.37. The van der Waals surface area contributed by atoms with E-state index in [1.165, 1.54) is 16.7 Å². The van der Waals surface area contributed by atoms with Gasteiger partial charge in [-0.3, -0.25) is 9.69 Å². The third-order valence-electron chi connectivity index (χ3n) is 5.03. The Morgan fingerprint density at radius 1 is 1.04 bits per heavy atom. The largest absolute Gasteiger partial charge is 0.353 e. The van der Waals surface area contributed by atoms with Gasteiger partial charge in [-0.25, -0.2) is 0 Å². The third kappa shape index (κ3) is 5.86. The molecule has 1 fully saturated rings. The van der Waals surface area contributed by atoms with Gasteiger partial charge in [-0.15, -0.1) is 0 Å². The molecule has 0 radical (unpaired) electrons. The number of nitrogens with one attached hydrogen (secondary N) is 1. The minimum Gasteiger partial charge on any atom is -0.353 e. The van der Waals surface area contributed by atoms with Gasteiger partial charge in [-0.05, 0) is 49.4 Å². The van der Waals surface area contributed by atoms with Crippen molar-refractivity contribution >= 4 is 17.5 Å². The summed E-state index contributed by atoms with van der Waals surface area (Å²) in [6.45, 7) is 5.07. The fourth-order valence-corrected chi connectivity index (χ4v) is 3.52. The molecule has 3 nitrogen and oxygen atoms in total. The van der Waals surface area contributed by atoms with Gasteiger partial charge in [0.25, 0.3) is 0 Å². The lowest BCUT2D eigenvalue weighted by atomic mass is 10.0. The zero-order chi connectivity index (χ0) is 18.4. The van der Waals surface area contributed by atoms with Gasteiger partial charge in [0.15, 0.2) is 0 Å². The summed E-state index contributed by atoms with van der Waals surface area (Å²) in [6, 6.07) is 16.8. The van der Waals surface area contributed by atoms with E-state index in [1.807, 2.05) is 12.1 Å². The van der Waals surface area contributed by atoms with Crippen molar-refractivity contribution in [2.45, 2.75) is 45.2 Å². The van der Waals surface area contributed by atoms with Crippen LogP contribution < -0.4 is 5.32 Å². The van der Waals surface area contributed by atoms with Gasteiger partial charge in [0, 0.05) is 37.1 Å². The van der Waals surface area contributed by atoms with Crippen LogP contribution in [0.5, 0.6) is 0 Å². The van der Waals surface area contributed by atoms with Crippen molar-refractivity contribution in [2.24, 2.45) is 0 Å². The molecule has 1 saturated heterocycles. The number of carbonyl (C=O) groups is 1. The smallest absolute Gasteiger partial charge is 0.220 e. The molecule has 138 valence electrons. The van der Waals surface area contributed by atoms with E-state index >= 15 is 0 Å². The topological polar surface area (TPSA) is 32.3 Å².